The highest BCUT2D eigenvalue weighted by Gasteiger charge is 2.36. The predicted molar refractivity (Wildman–Crippen MR) is 129 cm³/mol. The lowest BCUT2D eigenvalue weighted by atomic mass is 10.1. The summed E-state index contributed by atoms with van der Waals surface area (Å²) in [6, 6.07) is 17.0. The minimum absolute atomic E-state index is 0.189. The summed E-state index contributed by atoms with van der Waals surface area (Å²) in [6.45, 7) is 2.20. The molecule has 4 rings (SSSR count). The van der Waals surface area contributed by atoms with Gasteiger partial charge in [0.05, 0.1) is 12.8 Å². The molecule has 1 saturated heterocycles. The van der Waals surface area contributed by atoms with Gasteiger partial charge in [-0.2, -0.15) is 0 Å². The first kappa shape index (κ1) is 23.7. The summed E-state index contributed by atoms with van der Waals surface area (Å²) in [7, 11) is 1.47. The number of imide groups is 2. The van der Waals surface area contributed by atoms with Gasteiger partial charge in [-0.25, -0.2) is 14.1 Å². The number of benzene rings is 3. The maximum absolute atomic E-state index is 13.1. The molecule has 8 heteroatoms. The van der Waals surface area contributed by atoms with Crippen molar-refractivity contribution in [3.05, 3.63) is 94.8 Å². The third kappa shape index (κ3) is 5.22. The average Bonchev–Trinajstić information content (AvgIpc) is 2.86. The summed E-state index contributed by atoms with van der Waals surface area (Å²) >= 11 is 0. The van der Waals surface area contributed by atoms with E-state index in [1.165, 1.54) is 25.3 Å². The van der Waals surface area contributed by atoms with Gasteiger partial charge in [0.25, 0.3) is 11.8 Å². The van der Waals surface area contributed by atoms with E-state index in [1.54, 1.807) is 42.5 Å². The van der Waals surface area contributed by atoms with Crippen LogP contribution in [0.4, 0.5) is 14.9 Å². The van der Waals surface area contributed by atoms with Gasteiger partial charge in [0.2, 0.25) is 0 Å². The Morgan fingerprint density at radius 1 is 0.914 bits per heavy atom. The molecule has 0 unspecified atom stereocenters. The smallest absolute Gasteiger partial charge is 0.335 e. The number of halogens is 1. The van der Waals surface area contributed by atoms with Gasteiger partial charge in [-0.3, -0.25) is 14.9 Å². The van der Waals surface area contributed by atoms with Crippen molar-refractivity contribution >= 4 is 29.6 Å². The minimum atomic E-state index is -0.802. The summed E-state index contributed by atoms with van der Waals surface area (Å²) in [5.41, 5.74) is 2.52. The van der Waals surface area contributed by atoms with Crippen molar-refractivity contribution in [1.29, 1.82) is 0 Å². The van der Waals surface area contributed by atoms with E-state index in [0.29, 0.717) is 22.7 Å². The fraction of sp³-hybridized carbons (Fsp3) is 0.148. The first-order valence-electron chi connectivity index (χ1n) is 10.9. The number of barbiturate groups is 1. The van der Waals surface area contributed by atoms with Crippen LogP contribution in [0.5, 0.6) is 11.5 Å². The Labute approximate surface area is 201 Å². The number of nitrogens with zero attached hydrogens (tertiary/aromatic N) is 1. The van der Waals surface area contributed by atoms with Crippen LogP contribution in [0.25, 0.3) is 6.08 Å². The topological polar surface area (TPSA) is 84.9 Å². The number of hydrogen-bond donors (Lipinski definition) is 1. The lowest BCUT2D eigenvalue weighted by Crippen LogP contribution is -2.54. The third-order valence-corrected chi connectivity index (χ3v) is 5.51. The Morgan fingerprint density at radius 2 is 1.60 bits per heavy atom. The summed E-state index contributed by atoms with van der Waals surface area (Å²) < 4.78 is 24.3. The number of rotatable bonds is 7. The number of urea groups is 1. The normalized spacial score (nSPS) is 14.8. The summed E-state index contributed by atoms with van der Waals surface area (Å²) in [4.78, 5) is 38.9. The second kappa shape index (κ2) is 10.2. The van der Waals surface area contributed by atoms with Crippen molar-refractivity contribution in [2.75, 3.05) is 12.0 Å². The van der Waals surface area contributed by atoms with Crippen molar-refractivity contribution in [2.45, 2.75) is 20.0 Å². The average molecular weight is 474 g/mol. The Hall–Kier alpha value is -4.46. The molecule has 3 aromatic carbocycles. The van der Waals surface area contributed by atoms with Crippen molar-refractivity contribution in [1.82, 2.24) is 5.32 Å². The van der Waals surface area contributed by atoms with Crippen molar-refractivity contribution < 1.29 is 28.2 Å². The molecule has 0 spiro atoms. The number of ether oxygens (including phenoxy) is 2. The fourth-order valence-corrected chi connectivity index (χ4v) is 3.57. The molecule has 4 amide bonds. The van der Waals surface area contributed by atoms with Crippen LogP contribution in [0, 0.1) is 5.82 Å². The molecule has 3 aromatic rings. The first-order chi connectivity index (χ1) is 16.9. The van der Waals surface area contributed by atoms with Crippen LogP contribution in [0.1, 0.15) is 23.6 Å². The molecular formula is C27H23FN2O5. The number of nitrogens with one attached hydrogen (secondary N) is 1. The van der Waals surface area contributed by atoms with E-state index in [0.717, 1.165) is 22.4 Å². The lowest BCUT2D eigenvalue weighted by Gasteiger charge is -2.26. The zero-order valence-electron chi connectivity index (χ0n) is 19.2. The largest absolute Gasteiger partial charge is 0.493 e. The number of aryl methyl sites for hydroxylation is 1. The van der Waals surface area contributed by atoms with Gasteiger partial charge in [0, 0.05) is 0 Å². The highest BCUT2D eigenvalue weighted by atomic mass is 19.1. The number of amides is 4. The van der Waals surface area contributed by atoms with Gasteiger partial charge in [0.1, 0.15) is 18.0 Å². The summed E-state index contributed by atoms with van der Waals surface area (Å²) in [5.74, 6) is -1.02. The van der Waals surface area contributed by atoms with Gasteiger partial charge in [-0.05, 0) is 65.6 Å². The van der Waals surface area contributed by atoms with Crippen LogP contribution >= 0.6 is 0 Å². The van der Waals surface area contributed by atoms with Crippen LogP contribution < -0.4 is 19.7 Å². The minimum Gasteiger partial charge on any atom is -0.493 e. The zero-order chi connectivity index (χ0) is 24.9. The molecular weight excluding hydrogens is 451 g/mol. The van der Waals surface area contributed by atoms with E-state index in [-0.39, 0.29) is 18.0 Å². The fourth-order valence-electron chi connectivity index (χ4n) is 3.57. The van der Waals surface area contributed by atoms with E-state index >= 15 is 0 Å². The Morgan fingerprint density at radius 3 is 2.26 bits per heavy atom. The van der Waals surface area contributed by atoms with Crippen molar-refractivity contribution in [3.8, 4) is 11.5 Å². The van der Waals surface area contributed by atoms with E-state index in [4.69, 9.17) is 9.47 Å². The number of carbonyl (C=O) groups excluding carboxylic acids is 3. The molecule has 0 aliphatic carbocycles. The molecule has 0 bridgehead atoms. The Balaban J connectivity index is 1.57. The zero-order valence-corrected chi connectivity index (χ0v) is 19.2. The third-order valence-electron chi connectivity index (χ3n) is 5.51. The molecule has 0 saturated carbocycles. The Kier molecular flexibility index (Phi) is 6.91. The van der Waals surface area contributed by atoms with Gasteiger partial charge in [-0.1, -0.05) is 37.3 Å². The highest BCUT2D eigenvalue weighted by molar-refractivity contribution is 6.39. The van der Waals surface area contributed by atoms with E-state index in [9.17, 15) is 18.8 Å². The molecule has 1 aliphatic rings. The molecule has 7 nitrogen and oxygen atoms in total. The van der Waals surface area contributed by atoms with Crippen LogP contribution in [0.3, 0.4) is 0 Å². The molecule has 1 N–H and O–H groups in total. The molecule has 0 atom stereocenters. The molecule has 35 heavy (non-hydrogen) atoms. The standard InChI is InChI=1S/C27H23FN2O5/c1-3-17-6-11-21(12-7-17)30-26(32)22(25(31)29-27(30)33)14-19-8-13-23(24(15-19)34-2)35-16-18-4-9-20(28)10-5-18/h4-15H,3,16H2,1-2H3,(H,29,31,33)/b22-14-. The summed E-state index contributed by atoms with van der Waals surface area (Å²) in [6.07, 6.45) is 2.21. The van der Waals surface area contributed by atoms with Crippen LogP contribution in [-0.2, 0) is 22.6 Å². The number of anilines is 1. The first-order valence-corrected chi connectivity index (χ1v) is 10.9. The van der Waals surface area contributed by atoms with Gasteiger partial charge in [0.15, 0.2) is 11.5 Å². The van der Waals surface area contributed by atoms with Crippen molar-refractivity contribution in [2.24, 2.45) is 0 Å². The second-order valence-corrected chi connectivity index (χ2v) is 7.80. The molecule has 1 heterocycles. The van der Waals surface area contributed by atoms with Crippen LogP contribution in [0.15, 0.2) is 72.3 Å². The van der Waals surface area contributed by atoms with Crippen LogP contribution in [0.2, 0.25) is 0 Å². The molecule has 1 aliphatic heterocycles. The van der Waals surface area contributed by atoms with Crippen LogP contribution in [-0.4, -0.2) is 25.0 Å². The van der Waals surface area contributed by atoms with E-state index in [2.05, 4.69) is 5.32 Å². The Bertz CT molecular complexity index is 1300. The van der Waals surface area contributed by atoms with Gasteiger partial charge < -0.3 is 9.47 Å². The van der Waals surface area contributed by atoms with Crippen molar-refractivity contribution in [3.63, 3.8) is 0 Å². The van der Waals surface area contributed by atoms with Gasteiger partial charge >= 0.3 is 6.03 Å². The monoisotopic (exact) mass is 474 g/mol. The maximum Gasteiger partial charge on any atom is 0.335 e. The van der Waals surface area contributed by atoms with E-state index in [1.807, 2.05) is 19.1 Å². The summed E-state index contributed by atoms with van der Waals surface area (Å²) in [5, 5.41) is 2.22. The number of carbonyl (C=O) groups is 3. The SMILES string of the molecule is CCc1ccc(N2C(=O)NC(=O)/C(=C/c3ccc(OCc4ccc(F)cc4)c(OC)c3)C2=O)cc1. The second-order valence-electron chi connectivity index (χ2n) is 7.80. The maximum atomic E-state index is 13.1. The quantitative estimate of drug-likeness (QED) is 0.398. The van der Waals surface area contributed by atoms with E-state index < -0.39 is 17.8 Å². The molecule has 0 radical (unpaired) electrons. The predicted octanol–water partition coefficient (Wildman–Crippen LogP) is 4.64. The highest BCUT2D eigenvalue weighted by Crippen LogP contribution is 2.30. The number of hydrogen-bond acceptors (Lipinski definition) is 5. The molecule has 178 valence electrons. The van der Waals surface area contributed by atoms with Gasteiger partial charge in [-0.15, -0.1) is 0 Å². The number of methoxy groups -OCH3 is 1. The molecule has 1 fully saturated rings. The lowest BCUT2D eigenvalue weighted by molar-refractivity contribution is -0.122. The molecule has 0 aromatic heterocycles.